The van der Waals surface area contributed by atoms with Gasteiger partial charge in [0, 0.05) is 22.0 Å². The van der Waals surface area contributed by atoms with Crippen molar-refractivity contribution in [3.05, 3.63) is 12.2 Å². The van der Waals surface area contributed by atoms with E-state index in [-0.39, 0.29) is 21.4 Å². The van der Waals surface area contributed by atoms with E-state index < -0.39 is 0 Å². The third-order valence-electron chi connectivity index (χ3n) is 1.93. The third-order valence-corrected chi connectivity index (χ3v) is 3.49. The number of carbonyl (C=O) groups excluding carboxylic acids is 1. The van der Waals surface area contributed by atoms with E-state index in [2.05, 4.69) is 32.7 Å². The summed E-state index contributed by atoms with van der Waals surface area (Å²) in [7, 11) is 0. The predicted molar refractivity (Wildman–Crippen MR) is 78.5 cm³/mol. The Kier molecular flexibility index (Phi) is 5.79. The van der Waals surface area contributed by atoms with E-state index in [4.69, 9.17) is 0 Å². The number of hydrogen-bond donors (Lipinski definition) is 1. The molecule has 1 unspecified atom stereocenters. The fourth-order valence-corrected chi connectivity index (χ4v) is 2.67. The van der Waals surface area contributed by atoms with Gasteiger partial charge >= 0.3 is 0 Å². The maximum absolute atomic E-state index is 11.9. The van der Waals surface area contributed by atoms with Gasteiger partial charge < -0.3 is 5.32 Å². The monoisotopic (exact) mass is 257 g/mol. The van der Waals surface area contributed by atoms with Gasteiger partial charge in [0.15, 0.2) is 0 Å². The summed E-state index contributed by atoms with van der Waals surface area (Å²) in [4.78, 5) is 11.9. The summed E-state index contributed by atoms with van der Waals surface area (Å²) in [6.07, 6.45) is 0.508. The Morgan fingerprint density at radius 2 is 1.71 bits per heavy atom. The lowest BCUT2D eigenvalue weighted by molar-refractivity contribution is -0.122. The van der Waals surface area contributed by atoms with E-state index in [1.54, 1.807) is 11.8 Å². The molecule has 0 aliphatic carbocycles. The summed E-state index contributed by atoms with van der Waals surface area (Å²) in [5.74, 6) is 0.0993. The summed E-state index contributed by atoms with van der Waals surface area (Å²) in [5, 5.41) is 3.19. The maximum atomic E-state index is 11.9. The Bertz CT molecular complexity index is 284. The van der Waals surface area contributed by atoms with Crippen LogP contribution in [0.15, 0.2) is 12.2 Å². The Morgan fingerprint density at radius 3 is 2.00 bits per heavy atom. The molecule has 1 amide bonds. The van der Waals surface area contributed by atoms with Crippen LogP contribution in [0.1, 0.15) is 54.9 Å². The van der Waals surface area contributed by atoms with Crippen molar-refractivity contribution in [2.45, 2.75) is 70.4 Å². The van der Waals surface area contributed by atoms with E-state index in [0.717, 1.165) is 5.57 Å². The van der Waals surface area contributed by atoms with Crippen molar-refractivity contribution in [1.29, 1.82) is 0 Å². The third kappa shape index (κ3) is 9.28. The number of rotatable bonds is 4. The van der Waals surface area contributed by atoms with Crippen LogP contribution in [0.4, 0.5) is 0 Å². The van der Waals surface area contributed by atoms with Crippen LogP contribution < -0.4 is 5.32 Å². The SMILES string of the molecule is C=C(C)C(CC(=O)NC(C)(C)C)SC(C)(C)C. The molecule has 0 saturated heterocycles. The highest BCUT2D eigenvalue weighted by atomic mass is 32.2. The van der Waals surface area contributed by atoms with Gasteiger partial charge in [0.05, 0.1) is 0 Å². The zero-order chi connectivity index (χ0) is 13.9. The summed E-state index contributed by atoms with van der Waals surface area (Å²) < 4.78 is 0.144. The van der Waals surface area contributed by atoms with Gasteiger partial charge in [-0.25, -0.2) is 0 Å². The van der Waals surface area contributed by atoms with Crippen molar-refractivity contribution in [2.75, 3.05) is 0 Å². The molecule has 0 aromatic carbocycles. The molecule has 1 atom stereocenters. The smallest absolute Gasteiger partial charge is 0.221 e. The van der Waals surface area contributed by atoms with Gasteiger partial charge in [0.2, 0.25) is 5.91 Å². The molecule has 0 heterocycles. The van der Waals surface area contributed by atoms with Crippen molar-refractivity contribution in [1.82, 2.24) is 5.32 Å². The number of carbonyl (C=O) groups is 1. The zero-order valence-electron chi connectivity index (χ0n) is 12.3. The average Bonchev–Trinajstić information content (AvgIpc) is 1.95. The van der Waals surface area contributed by atoms with Gasteiger partial charge in [-0.1, -0.05) is 32.9 Å². The molecule has 0 aromatic rings. The summed E-state index contributed by atoms with van der Waals surface area (Å²) in [6.45, 7) is 18.5. The minimum atomic E-state index is -0.164. The molecule has 3 heteroatoms. The first kappa shape index (κ1) is 16.6. The molecule has 1 N–H and O–H groups in total. The number of thioether (sulfide) groups is 1. The van der Waals surface area contributed by atoms with Crippen LogP contribution >= 0.6 is 11.8 Å². The molecule has 0 rings (SSSR count). The van der Waals surface area contributed by atoms with Crippen LogP contribution in [0.3, 0.4) is 0 Å². The van der Waals surface area contributed by atoms with Crippen molar-refractivity contribution in [2.24, 2.45) is 0 Å². The molecule has 2 nitrogen and oxygen atoms in total. The quantitative estimate of drug-likeness (QED) is 0.777. The molecule has 17 heavy (non-hydrogen) atoms. The van der Waals surface area contributed by atoms with Crippen LogP contribution in [0, 0.1) is 0 Å². The van der Waals surface area contributed by atoms with E-state index >= 15 is 0 Å². The first-order valence-electron chi connectivity index (χ1n) is 6.05. The Balaban J connectivity index is 4.47. The standard InChI is InChI=1S/C14H27NOS/c1-10(2)11(17-14(6,7)8)9-12(16)15-13(3,4)5/h11H,1,9H2,2-8H3,(H,15,16). The highest BCUT2D eigenvalue weighted by Gasteiger charge is 2.23. The van der Waals surface area contributed by atoms with Crippen LogP contribution in [0.5, 0.6) is 0 Å². The lowest BCUT2D eigenvalue weighted by Crippen LogP contribution is -2.41. The molecular weight excluding hydrogens is 230 g/mol. The topological polar surface area (TPSA) is 29.1 Å². The number of amides is 1. The predicted octanol–water partition coefficient (Wildman–Crippen LogP) is 3.77. The first-order valence-corrected chi connectivity index (χ1v) is 6.93. The normalized spacial score (nSPS) is 14.3. The molecule has 0 saturated carbocycles. The summed E-state index contributed by atoms with van der Waals surface area (Å²) >= 11 is 1.80. The summed E-state index contributed by atoms with van der Waals surface area (Å²) in [5.41, 5.74) is 0.900. The minimum absolute atomic E-state index is 0.0993. The molecule has 0 radical (unpaired) electrons. The van der Waals surface area contributed by atoms with Crippen molar-refractivity contribution >= 4 is 17.7 Å². The second-order valence-electron chi connectivity index (χ2n) is 6.57. The molecule has 0 bridgehead atoms. The van der Waals surface area contributed by atoms with Crippen molar-refractivity contribution < 1.29 is 4.79 Å². The van der Waals surface area contributed by atoms with E-state index in [0.29, 0.717) is 6.42 Å². The van der Waals surface area contributed by atoms with E-state index in [1.165, 1.54) is 0 Å². The van der Waals surface area contributed by atoms with E-state index in [9.17, 15) is 4.79 Å². The molecule has 0 spiro atoms. The molecule has 0 fully saturated rings. The van der Waals surface area contributed by atoms with Crippen LogP contribution in [-0.2, 0) is 4.79 Å². The molecule has 0 aliphatic rings. The zero-order valence-corrected chi connectivity index (χ0v) is 13.1. The van der Waals surface area contributed by atoms with Crippen LogP contribution in [0.25, 0.3) is 0 Å². The van der Waals surface area contributed by atoms with Gasteiger partial charge in [0.25, 0.3) is 0 Å². The largest absolute Gasteiger partial charge is 0.351 e. The van der Waals surface area contributed by atoms with Gasteiger partial charge in [-0.05, 0) is 27.7 Å². The second-order valence-corrected chi connectivity index (χ2v) is 8.60. The van der Waals surface area contributed by atoms with Gasteiger partial charge in [-0.15, -0.1) is 11.8 Å². The Hall–Kier alpha value is -0.440. The number of hydrogen-bond acceptors (Lipinski definition) is 2. The molecule has 100 valence electrons. The fraction of sp³-hybridized carbons (Fsp3) is 0.786. The molecule has 0 aromatic heterocycles. The van der Waals surface area contributed by atoms with Gasteiger partial charge in [-0.2, -0.15) is 0 Å². The van der Waals surface area contributed by atoms with Crippen molar-refractivity contribution in [3.8, 4) is 0 Å². The maximum Gasteiger partial charge on any atom is 0.221 e. The van der Waals surface area contributed by atoms with Crippen LogP contribution in [-0.4, -0.2) is 21.4 Å². The van der Waals surface area contributed by atoms with E-state index in [1.807, 2.05) is 27.7 Å². The minimum Gasteiger partial charge on any atom is -0.351 e. The second kappa shape index (κ2) is 5.94. The first-order chi connectivity index (χ1) is 7.41. The Morgan fingerprint density at radius 1 is 1.24 bits per heavy atom. The van der Waals surface area contributed by atoms with Crippen LogP contribution in [0.2, 0.25) is 0 Å². The highest BCUT2D eigenvalue weighted by Crippen LogP contribution is 2.33. The lowest BCUT2D eigenvalue weighted by atomic mass is 10.1. The molecular formula is C14H27NOS. The summed E-state index contributed by atoms with van der Waals surface area (Å²) in [6, 6.07) is 0. The lowest BCUT2D eigenvalue weighted by Gasteiger charge is -2.27. The molecule has 0 aliphatic heterocycles. The highest BCUT2D eigenvalue weighted by molar-refractivity contribution is 8.01. The average molecular weight is 257 g/mol. The van der Waals surface area contributed by atoms with Gasteiger partial charge in [-0.3, -0.25) is 4.79 Å². The van der Waals surface area contributed by atoms with Crippen molar-refractivity contribution in [3.63, 3.8) is 0 Å². The fourth-order valence-electron chi connectivity index (χ4n) is 1.38. The Labute approximate surface area is 111 Å². The van der Waals surface area contributed by atoms with Gasteiger partial charge in [0.1, 0.15) is 0 Å². The number of nitrogens with one attached hydrogen (secondary N) is 1.